The maximum atomic E-state index is 9.51. The van der Waals surface area contributed by atoms with Crippen molar-refractivity contribution in [3.8, 4) is 22.6 Å². The molecule has 0 radical (unpaired) electrons. The first kappa shape index (κ1) is 19.7. The molecule has 2 aromatic rings. The molecule has 1 aliphatic rings. The van der Waals surface area contributed by atoms with Crippen LogP contribution in [0.5, 0.6) is 11.5 Å². The predicted molar refractivity (Wildman–Crippen MR) is 104 cm³/mol. The average Bonchev–Trinajstić information content (AvgIpc) is 2.58. The quantitative estimate of drug-likeness (QED) is 0.779. The number of benzene rings is 2. The highest BCUT2D eigenvalue weighted by atomic mass is 16.7. The van der Waals surface area contributed by atoms with Crippen molar-refractivity contribution in [2.45, 2.75) is 46.5 Å². The summed E-state index contributed by atoms with van der Waals surface area (Å²) in [5, 5.41) is 18.5. The first-order chi connectivity index (χ1) is 12.9. The van der Waals surface area contributed by atoms with Gasteiger partial charge >= 0.3 is 0 Å². The first-order valence-corrected chi connectivity index (χ1v) is 9.32. The standard InChI is InChI=1S/C22H28O5/c1-13-7-17(8-14(2)21(13)26-12-19(24)11-23)18-9-15(3)22(16(4)10-18)27-20-5-6-25-20/h7-10,19-20,23-24H,5-6,11-12H2,1-4H3. The number of aliphatic hydroxyl groups is 2. The van der Waals surface area contributed by atoms with E-state index in [9.17, 15) is 5.11 Å². The Morgan fingerprint density at radius 3 is 1.85 bits per heavy atom. The van der Waals surface area contributed by atoms with Crippen LogP contribution in [0.2, 0.25) is 0 Å². The summed E-state index contributed by atoms with van der Waals surface area (Å²) in [6, 6.07) is 8.42. The normalized spacial score (nSPS) is 17.3. The maximum Gasteiger partial charge on any atom is 0.202 e. The highest BCUT2D eigenvalue weighted by Crippen LogP contribution is 2.35. The Labute approximate surface area is 160 Å². The van der Waals surface area contributed by atoms with E-state index < -0.39 is 6.10 Å². The first-order valence-electron chi connectivity index (χ1n) is 9.32. The molecule has 5 nitrogen and oxygen atoms in total. The molecule has 0 amide bonds. The largest absolute Gasteiger partial charge is 0.490 e. The van der Waals surface area contributed by atoms with Gasteiger partial charge in [-0.15, -0.1) is 0 Å². The van der Waals surface area contributed by atoms with E-state index in [4.69, 9.17) is 19.3 Å². The van der Waals surface area contributed by atoms with Crippen LogP contribution in [0.25, 0.3) is 11.1 Å². The second-order valence-electron chi connectivity index (χ2n) is 7.23. The monoisotopic (exact) mass is 372 g/mol. The van der Waals surface area contributed by atoms with Gasteiger partial charge in [0.15, 0.2) is 0 Å². The summed E-state index contributed by atoms with van der Waals surface area (Å²) in [7, 11) is 0. The lowest BCUT2D eigenvalue weighted by Gasteiger charge is -2.28. The molecule has 27 heavy (non-hydrogen) atoms. The van der Waals surface area contributed by atoms with Gasteiger partial charge in [0.1, 0.15) is 24.2 Å². The molecular weight excluding hydrogens is 344 g/mol. The molecule has 2 atom stereocenters. The van der Waals surface area contributed by atoms with Gasteiger partial charge in [-0.2, -0.15) is 0 Å². The lowest BCUT2D eigenvalue weighted by Crippen LogP contribution is -2.32. The van der Waals surface area contributed by atoms with Gasteiger partial charge in [0.25, 0.3) is 0 Å². The van der Waals surface area contributed by atoms with Crippen molar-refractivity contribution in [2.75, 3.05) is 19.8 Å². The van der Waals surface area contributed by atoms with E-state index in [1.165, 1.54) is 0 Å². The van der Waals surface area contributed by atoms with Crippen LogP contribution in [0.4, 0.5) is 0 Å². The summed E-state index contributed by atoms with van der Waals surface area (Å²) in [5.41, 5.74) is 6.39. The average molecular weight is 372 g/mol. The lowest BCUT2D eigenvalue weighted by atomic mass is 9.96. The van der Waals surface area contributed by atoms with E-state index in [0.29, 0.717) is 0 Å². The molecule has 1 heterocycles. The molecule has 3 rings (SSSR count). The van der Waals surface area contributed by atoms with E-state index >= 15 is 0 Å². The minimum absolute atomic E-state index is 0.0744. The molecule has 0 spiro atoms. The van der Waals surface area contributed by atoms with Crippen LogP contribution in [0.1, 0.15) is 28.7 Å². The van der Waals surface area contributed by atoms with Crippen molar-refractivity contribution >= 4 is 0 Å². The van der Waals surface area contributed by atoms with E-state index in [0.717, 1.165) is 57.9 Å². The summed E-state index contributed by atoms with van der Waals surface area (Å²) in [6.07, 6.45) is -0.0599. The highest BCUT2D eigenvalue weighted by Gasteiger charge is 2.22. The smallest absolute Gasteiger partial charge is 0.202 e. The molecular formula is C22H28O5. The highest BCUT2D eigenvalue weighted by molar-refractivity contribution is 5.70. The van der Waals surface area contributed by atoms with Gasteiger partial charge in [0.05, 0.1) is 13.2 Å². The predicted octanol–water partition coefficient (Wildman–Crippen LogP) is 3.44. The van der Waals surface area contributed by atoms with Crippen molar-refractivity contribution < 1.29 is 24.4 Å². The fourth-order valence-corrected chi connectivity index (χ4v) is 3.32. The van der Waals surface area contributed by atoms with E-state index in [2.05, 4.69) is 38.1 Å². The van der Waals surface area contributed by atoms with Crippen molar-refractivity contribution in [3.05, 3.63) is 46.5 Å². The van der Waals surface area contributed by atoms with Crippen molar-refractivity contribution in [1.82, 2.24) is 0 Å². The summed E-state index contributed by atoms with van der Waals surface area (Å²) in [4.78, 5) is 0. The number of hydrogen-bond donors (Lipinski definition) is 2. The Hall–Kier alpha value is -2.08. The molecule has 1 aliphatic heterocycles. The maximum absolute atomic E-state index is 9.51. The van der Waals surface area contributed by atoms with Crippen LogP contribution in [0.3, 0.4) is 0 Å². The fourth-order valence-electron chi connectivity index (χ4n) is 3.32. The molecule has 0 saturated carbocycles. The summed E-state index contributed by atoms with van der Waals surface area (Å²) >= 11 is 0. The Kier molecular flexibility index (Phi) is 6.05. The Morgan fingerprint density at radius 2 is 1.44 bits per heavy atom. The molecule has 1 fully saturated rings. The second kappa shape index (κ2) is 8.30. The molecule has 1 saturated heterocycles. The van der Waals surface area contributed by atoms with Crippen molar-refractivity contribution in [2.24, 2.45) is 0 Å². The zero-order valence-electron chi connectivity index (χ0n) is 16.4. The summed E-state index contributed by atoms with van der Waals surface area (Å²) in [5.74, 6) is 1.65. The SMILES string of the molecule is Cc1cc(-c2cc(C)c(OC3CCO3)c(C)c2)cc(C)c1OCC(O)CO. The molecule has 0 aliphatic carbocycles. The van der Waals surface area contributed by atoms with Gasteiger partial charge in [-0.1, -0.05) is 0 Å². The summed E-state index contributed by atoms with van der Waals surface area (Å²) in [6.45, 7) is 8.61. The fraction of sp³-hybridized carbons (Fsp3) is 0.455. The van der Waals surface area contributed by atoms with Crippen LogP contribution in [0.15, 0.2) is 24.3 Å². The van der Waals surface area contributed by atoms with Gasteiger partial charge in [-0.05, 0) is 85.3 Å². The van der Waals surface area contributed by atoms with E-state index in [1.54, 1.807) is 0 Å². The number of ether oxygens (including phenoxy) is 3. The van der Waals surface area contributed by atoms with Crippen molar-refractivity contribution in [1.29, 1.82) is 0 Å². The second-order valence-corrected chi connectivity index (χ2v) is 7.23. The van der Waals surface area contributed by atoms with Crippen molar-refractivity contribution in [3.63, 3.8) is 0 Å². The zero-order chi connectivity index (χ0) is 19.6. The van der Waals surface area contributed by atoms with Gasteiger partial charge in [0, 0.05) is 6.42 Å². The molecule has 0 aromatic heterocycles. The van der Waals surface area contributed by atoms with Crippen LogP contribution >= 0.6 is 0 Å². The Morgan fingerprint density at radius 1 is 0.963 bits per heavy atom. The van der Waals surface area contributed by atoms with E-state index in [-0.39, 0.29) is 19.5 Å². The van der Waals surface area contributed by atoms with Crippen LogP contribution in [-0.2, 0) is 4.74 Å². The molecule has 2 unspecified atom stereocenters. The molecule has 0 bridgehead atoms. The third-order valence-electron chi connectivity index (χ3n) is 4.79. The molecule has 2 aromatic carbocycles. The third kappa shape index (κ3) is 4.43. The van der Waals surface area contributed by atoms with Crippen LogP contribution < -0.4 is 9.47 Å². The number of hydrogen-bond acceptors (Lipinski definition) is 5. The third-order valence-corrected chi connectivity index (χ3v) is 4.79. The molecule has 146 valence electrons. The lowest BCUT2D eigenvalue weighted by molar-refractivity contribution is -0.165. The zero-order valence-corrected chi connectivity index (χ0v) is 16.4. The van der Waals surface area contributed by atoms with E-state index in [1.807, 2.05) is 13.8 Å². The summed E-state index contributed by atoms with van der Waals surface area (Å²) < 4.78 is 17.0. The Bertz CT molecular complexity index is 764. The van der Waals surface area contributed by atoms with Crippen LogP contribution in [-0.4, -0.2) is 42.4 Å². The van der Waals surface area contributed by atoms with Gasteiger partial charge in [-0.25, -0.2) is 0 Å². The van der Waals surface area contributed by atoms with Gasteiger partial charge in [-0.3, -0.25) is 0 Å². The topological polar surface area (TPSA) is 68.2 Å². The minimum Gasteiger partial charge on any atom is -0.490 e. The minimum atomic E-state index is -0.874. The van der Waals surface area contributed by atoms with Gasteiger partial charge in [0.2, 0.25) is 6.29 Å². The Balaban J connectivity index is 1.85. The van der Waals surface area contributed by atoms with Gasteiger partial charge < -0.3 is 24.4 Å². The number of aryl methyl sites for hydroxylation is 4. The number of rotatable bonds is 7. The van der Waals surface area contributed by atoms with Crippen LogP contribution in [0, 0.1) is 27.7 Å². The molecule has 2 N–H and O–H groups in total. The number of aliphatic hydroxyl groups excluding tert-OH is 2. The molecule has 5 heteroatoms.